The molecular weight excluding hydrogens is 204 g/mol. The molecule has 0 saturated heterocycles. The number of para-hydroxylation sites is 1. The van der Waals surface area contributed by atoms with Gasteiger partial charge in [-0.1, -0.05) is 12.1 Å². The Kier molecular flexibility index (Phi) is 1.76. The third-order valence-electron chi connectivity index (χ3n) is 2.54. The van der Waals surface area contributed by atoms with Crippen LogP contribution in [0, 0.1) is 13.8 Å². The second-order valence-electron chi connectivity index (χ2n) is 3.73. The lowest BCUT2D eigenvalue weighted by Gasteiger charge is -1.92. The molecule has 0 N–H and O–H groups in total. The smallest absolute Gasteiger partial charge is 0.183 e. The van der Waals surface area contributed by atoms with Crippen molar-refractivity contribution in [1.29, 1.82) is 0 Å². The van der Waals surface area contributed by atoms with E-state index in [9.17, 15) is 0 Å². The molecule has 0 radical (unpaired) electrons. The van der Waals surface area contributed by atoms with Crippen LogP contribution in [-0.4, -0.2) is 4.98 Å². The van der Waals surface area contributed by atoms with Crippen LogP contribution in [0.1, 0.15) is 11.4 Å². The predicted molar refractivity (Wildman–Crippen MR) is 62.3 cm³/mol. The minimum Gasteiger partial charge on any atom is -0.183 e. The summed E-state index contributed by atoms with van der Waals surface area (Å²) >= 11 is 1.74. The third-order valence-corrected chi connectivity index (χ3v) is 3.56. The van der Waals surface area contributed by atoms with Crippen molar-refractivity contribution in [3.63, 3.8) is 0 Å². The number of rotatable bonds is 0. The standard InChI is InChI=1S/C12H11N2S/c1-8-7-9(2)14-10-5-3-4-6-11(10)15-12(14)13-8/h3-7H,1-2H3/q+1. The maximum atomic E-state index is 4.56. The van der Waals surface area contributed by atoms with Crippen molar-refractivity contribution in [2.75, 3.05) is 0 Å². The van der Waals surface area contributed by atoms with Gasteiger partial charge in [-0.15, -0.1) is 0 Å². The molecular formula is C12H11N2S+. The maximum Gasteiger partial charge on any atom is 0.388 e. The van der Waals surface area contributed by atoms with Crippen LogP contribution in [-0.2, 0) is 0 Å². The van der Waals surface area contributed by atoms with Gasteiger partial charge >= 0.3 is 4.96 Å². The van der Waals surface area contributed by atoms with E-state index in [4.69, 9.17) is 0 Å². The van der Waals surface area contributed by atoms with E-state index in [1.807, 2.05) is 6.92 Å². The van der Waals surface area contributed by atoms with Gasteiger partial charge < -0.3 is 0 Å². The Morgan fingerprint density at radius 2 is 2.00 bits per heavy atom. The fourth-order valence-corrected chi connectivity index (χ4v) is 3.07. The number of nitrogens with zero attached hydrogens (tertiary/aromatic N) is 2. The number of hydrogen-bond acceptors (Lipinski definition) is 2. The van der Waals surface area contributed by atoms with E-state index in [1.165, 1.54) is 15.9 Å². The Labute approximate surface area is 91.8 Å². The number of aromatic nitrogens is 2. The number of thiazole rings is 1. The lowest BCUT2D eigenvalue weighted by atomic mass is 10.3. The van der Waals surface area contributed by atoms with Crippen molar-refractivity contribution in [3.8, 4) is 0 Å². The first-order valence-electron chi connectivity index (χ1n) is 4.93. The zero-order valence-electron chi connectivity index (χ0n) is 8.69. The van der Waals surface area contributed by atoms with Crippen LogP contribution in [0.15, 0.2) is 30.3 Å². The molecule has 0 unspecified atom stereocenters. The monoisotopic (exact) mass is 215 g/mol. The summed E-state index contributed by atoms with van der Waals surface area (Å²) in [5, 5.41) is 0. The Morgan fingerprint density at radius 3 is 2.87 bits per heavy atom. The SMILES string of the molecule is Cc1cc(C)[n+]2c(n1)sc1ccccc12. The molecule has 1 aromatic carbocycles. The molecule has 74 valence electrons. The lowest BCUT2D eigenvalue weighted by Crippen LogP contribution is -2.24. The van der Waals surface area contributed by atoms with Crippen molar-refractivity contribution in [3.05, 3.63) is 41.7 Å². The molecule has 2 nitrogen and oxygen atoms in total. The van der Waals surface area contributed by atoms with Crippen molar-refractivity contribution in [1.82, 2.24) is 4.98 Å². The summed E-state index contributed by atoms with van der Waals surface area (Å²) < 4.78 is 3.51. The molecule has 0 aliphatic rings. The van der Waals surface area contributed by atoms with Crippen LogP contribution < -0.4 is 4.40 Å². The van der Waals surface area contributed by atoms with Gasteiger partial charge in [0.05, 0.1) is 4.70 Å². The molecule has 15 heavy (non-hydrogen) atoms. The zero-order valence-corrected chi connectivity index (χ0v) is 9.51. The van der Waals surface area contributed by atoms with Crippen LogP contribution in [0.2, 0.25) is 0 Å². The molecule has 0 bridgehead atoms. The first-order valence-corrected chi connectivity index (χ1v) is 5.75. The Bertz CT molecular complexity index is 655. The van der Waals surface area contributed by atoms with E-state index in [0.717, 1.165) is 10.7 Å². The molecule has 0 aliphatic carbocycles. The van der Waals surface area contributed by atoms with Crippen LogP contribution in [0.5, 0.6) is 0 Å². The highest BCUT2D eigenvalue weighted by Crippen LogP contribution is 2.20. The van der Waals surface area contributed by atoms with E-state index >= 15 is 0 Å². The quantitative estimate of drug-likeness (QED) is 0.527. The van der Waals surface area contributed by atoms with Crippen molar-refractivity contribution in [2.24, 2.45) is 0 Å². The van der Waals surface area contributed by atoms with E-state index < -0.39 is 0 Å². The van der Waals surface area contributed by atoms with Gasteiger partial charge in [0.25, 0.3) is 0 Å². The third kappa shape index (κ3) is 1.23. The molecule has 0 atom stereocenters. The van der Waals surface area contributed by atoms with Gasteiger partial charge in [0.15, 0.2) is 11.2 Å². The van der Waals surface area contributed by atoms with E-state index in [2.05, 4.69) is 46.6 Å². The molecule has 2 aromatic heterocycles. The summed E-state index contributed by atoms with van der Waals surface area (Å²) in [6.45, 7) is 4.16. The summed E-state index contributed by atoms with van der Waals surface area (Å²) in [5.41, 5.74) is 3.58. The van der Waals surface area contributed by atoms with Gasteiger partial charge in [-0.3, -0.25) is 0 Å². The molecule has 0 aliphatic heterocycles. The second-order valence-corrected chi connectivity index (χ2v) is 4.74. The van der Waals surface area contributed by atoms with Crippen LogP contribution >= 0.6 is 11.3 Å². The molecule has 2 heterocycles. The molecule has 0 saturated carbocycles. The van der Waals surface area contributed by atoms with Crippen LogP contribution in [0.25, 0.3) is 15.2 Å². The topological polar surface area (TPSA) is 17.0 Å². The normalized spacial score (nSPS) is 11.3. The van der Waals surface area contributed by atoms with Crippen LogP contribution in [0.3, 0.4) is 0 Å². The van der Waals surface area contributed by atoms with Gasteiger partial charge in [-0.25, -0.2) is 0 Å². The highest BCUT2D eigenvalue weighted by atomic mass is 32.1. The lowest BCUT2D eigenvalue weighted by molar-refractivity contribution is -0.488. The number of aryl methyl sites for hydroxylation is 2. The average molecular weight is 215 g/mol. The fourth-order valence-electron chi connectivity index (χ4n) is 1.94. The molecule has 3 aromatic rings. The highest BCUT2D eigenvalue weighted by Gasteiger charge is 2.15. The van der Waals surface area contributed by atoms with Crippen molar-refractivity contribution in [2.45, 2.75) is 13.8 Å². The minimum atomic E-state index is 1.08. The summed E-state index contributed by atoms with van der Waals surface area (Å²) in [6, 6.07) is 10.5. The average Bonchev–Trinajstić information content (AvgIpc) is 2.54. The number of fused-ring (bicyclic) bond motifs is 3. The van der Waals surface area contributed by atoms with E-state index in [-0.39, 0.29) is 0 Å². The second kappa shape index (κ2) is 3.00. The Hall–Kier alpha value is -1.48. The molecule has 0 spiro atoms. The van der Waals surface area contributed by atoms with Crippen molar-refractivity contribution >= 4 is 26.5 Å². The van der Waals surface area contributed by atoms with Gasteiger partial charge in [0, 0.05) is 13.0 Å². The van der Waals surface area contributed by atoms with Gasteiger partial charge in [-0.2, -0.15) is 4.40 Å². The van der Waals surface area contributed by atoms with Crippen molar-refractivity contribution < 1.29 is 4.40 Å². The molecule has 3 heteroatoms. The van der Waals surface area contributed by atoms with E-state index in [1.54, 1.807) is 11.3 Å². The molecule has 0 amide bonds. The van der Waals surface area contributed by atoms with Gasteiger partial charge in [-0.05, 0) is 35.4 Å². The summed E-state index contributed by atoms with van der Waals surface area (Å²) in [5.74, 6) is 0. The summed E-state index contributed by atoms with van der Waals surface area (Å²) in [6.07, 6.45) is 0. The zero-order chi connectivity index (χ0) is 10.4. The molecule has 0 fully saturated rings. The number of benzene rings is 1. The van der Waals surface area contributed by atoms with Gasteiger partial charge in [0.2, 0.25) is 0 Å². The highest BCUT2D eigenvalue weighted by molar-refractivity contribution is 7.22. The molecule has 3 rings (SSSR count). The van der Waals surface area contributed by atoms with Gasteiger partial charge in [0.1, 0.15) is 5.69 Å². The fraction of sp³-hybridized carbons (Fsp3) is 0.167. The first kappa shape index (κ1) is 8.80. The number of hydrogen-bond donors (Lipinski definition) is 0. The van der Waals surface area contributed by atoms with E-state index in [0.29, 0.717) is 0 Å². The summed E-state index contributed by atoms with van der Waals surface area (Å²) in [7, 11) is 0. The largest absolute Gasteiger partial charge is 0.388 e. The minimum absolute atomic E-state index is 1.08. The first-order chi connectivity index (χ1) is 7.25. The predicted octanol–water partition coefficient (Wildman–Crippen LogP) is 2.65. The Morgan fingerprint density at radius 1 is 1.20 bits per heavy atom. The maximum absolute atomic E-state index is 4.56. The van der Waals surface area contributed by atoms with Crippen LogP contribution in [0.4, 0.5) is 0 Å². The Balaban J connectivity index is 2.61. The summed E-state index contributed by atoms with van der Waals surface area (Å²) in [4.78, 5) is 5.63.